The average Bonchev–Trinajstić information content (AvgIpc) is 2.47. The van der Waals surface area contributed by atoms with E-state index in [0.717, 1.165) is 38.0 Å². The van der Waals surface area contributed by atoms with Gasteiger partial charge < -0.3 is 5.32 Å². The monoisotopic (exact) mass is 356 g/mol. The standard InChI is InChI=1S/C18H26Cl2N2O/c1-18(2,3)12-21-17(23)14-5-4-8-22(11-14)10-13-6-7-15(19)9-16(13)20/h6-7,9,14H,4-5,8,10-12H2,1-3H3,(H,21,23)/t14-/m0/s1. The summed E-state index contributed by atoms with van der Waals surface area (Å²) in [5, 5.41) is 4.43. The molecule has 1 aromatic rings. The highest BCUT2D eigenvalue weighted by atomic mass is 35.5. The van der Waals surface area contributed by atoms with Crippen LogP contribution >= 0.6 is 23.2 Å². The first-order valence-electron chi connectivity index (χ1n) is 8.18. The summed E-state index contributed by atoms with van der Waals surface area (Å²) in [6.45, 7) is 9.65. The zero-order valence-electron chi connectivity index (χ0n) is 14.2. The lowest BCUT2D eigenvalue weighted by Crippen LogP contribution is -2.44. The summed E-state index contributed by atoms with van der Waals surface area (Å²) in [4.78, 5) is 14.7. The molecule has 1 fully saturated rings. The number of hydrogen-bond donors (Lipinski definition) is 1. The van der Waals surface area contributed by atoms with Crippen molar-refractivity contribution < 1.29 is 4.79 Å². The smallest absolute Gasteiger partial charge is 0.224 e. The van der Waals surface area contributed by atoms with Crippen molar-refractivity contribution in [2.45, 2.75) is 40.2 Å². The molecule has 1 N–H and O–H groups in total. The van der Waals surface area contributed by atoms with E-state index in [2.05, 4.69) is 31.0 Å². The molecule has 2 rings (SSSR count). The van der Waals surface area contributed by atoms with Crippen LogP contribution in [0.2, 0.25) is 10.0 Å². The predicted octanol–water partition coefficient (Wildman–Crippen LogP) is 4.37. The Hall–Kier alpha value is -0.770. The molecule has 1 aromatic carbocycles. The minimum Gasteiger partial charge on any atom is -0.355 e. The molecule has 0 aromatic heterocycles. The number of piperidine rings is 1. The van der Waals surface area contributed by atoms with E-state index in [1.54, 1.807) is 6.07 Å². The van der Waals surface area contributed by atoms with E-state index < -0.39 is 0 Å². The zero-order chi connectivity index (χ0) is 17.0. The van der Waals surface area contributed by atoms with Crippen molar-refractivity contribution in [3.05, 3.63) is 33.8 Å². The molecule has 0 aliphatic carbocycles. The third-order valence-electron chi connectivity index (χ3n) is 4.08. The number of nitrogens with one attached hydrogen (secondary N) is 1. The van der Waals surface area contributed by atoms with Gasteiger partial charge in [-0.3, -0.25) is 9.69 Å². The summed E-state index contributed by atoms with van der Waals surface area (Å²) in [7, 11) is 0. The molecule has 0 bridgehead atoms. The Balaban J connectivity index is 1.91. The van der Waals surface area contributed by atoms with Crippen LogP contribution in [-0.4, -0.2) is 30.4 Å². The van der Waals surface area contributed by atoms with Crippen molar-refractivity contribution in [2.75, 3.05) is 19.6 Å². The number of likely N-dealkylation sites (tertiary alicyclic amines) is 1. The molecule has 0 spiro atoms. The Morgan fingerprint density at radius 3 is 2.74 bits per heavy atom. The number of halogens is 2. The van der Waals surface area contributed by atoms with Gasteiger partial charge in [-0.15, -0.1) is 0 Å². The van der Waals surface area contributed by atoms with E-state index in [0.29, 0.717) is 16.6 Å². The van der Waals surface area contributed by atoms with Crippen molar-refractivity contribution in [1.29, 1.82) is 0 Å². The Labute approximate surface area is 149 Å². The maximum Gasteiger partial charge on any atom is 0.224 e. The first-order valence-corrected chi connectivity index (χ1v) is 8.94. The van der Waals surface area contributed by atoms with Crippen LogP contribution in [0.1, 0.15) is 39.2 Å². The van der Waals surface area contributed by atoms with Crippen molar-refractivity contribution in [2.24, 2.45) is 11.3 Å². The largest absolute Gasteiger partial charge is 0.355 e. The van der Waals surface area contributed by atoms with E-state index in [1.165, 1.54) is 0 Å². The van der Waals surface area contributed by atoms with Crippen LogP contribution in [-0.2, 0) is 11.3 Å². The highest BCUT2D eigenvalue weighted by molar-refractivity contribution is 6.35. The topological polar surface area (TPSA) is 32.3 Å². The zero-order valence-corrected chi connectivity index (χ0v) is 15.7. The third-order valence-corrected chi connectivity index (χ3v) is 4.67. The number of nitrogens with zero attached hydrogens (tertiary/aromatic N) is 1. The SMILES string of the molecule is CC(C)(C)CNC(=O)[C@H]1CCCN(Cc2ccc(Cl)cc2Cl)C1. The first kappa shape index (κ1) is 18.6. The molecule has 1 saturated heterocycles. The molecular formula is C18H26Cl2N2O. The molecule has 1 aliphatic heterocycles. The van der Waals surface area contributed by atoms with E-state index >= 15 is 0 Å². The van der Waals surface area contributed by atoms with Gasteiger partial charge in [-0.25, -0.2) is 0 Å². The van der Waals surface area contributed by atoms with Gasteiger partial charge in [-0.05, 0) is 42.5 Å². The molecule has 1 heterocycles. The molecule has 5 heteroatoms. The Kier molecular flexibility index (Phi) is 6.35. The van der Waals surface area contributed by atoms with Gasteiger partial charge in [0.05, 0.1) is 5.92 Å². The number of amides is 1. The molecule has 128 valence electrons. The Bertz CT molecular complexity index is 554. The normalized spacial score (nSPS) is 19.6. The van der Waals surface area contributed by atoms with Crippen LogP contribution in [0.25, 0.3) is 0 Å². The van der Waals surface area contributed by atoms with Gasteiger partial charge in [-0.2, -0.15) is 0 Å². The van der Waals surface area contributed by atoms with Gasteiger partial charge in [0, 0.05) is 29.7 Å². The molecule has 23 heavy (non-hydrogen) atoms. The predicted molar refractivity (Wildman–Crippen MR) is 96.9 cm³/mol. The second-order valence-corrected chi connectivity index (χ2v) is 8.43. The summed E-state index contributed by atoms with van der Waals surface area (Å²) < 4.78 is 0. The van der Waals surface area contributed by atoms with Gasteiger partial charge in [-0.1, -0.05) is 50.0 Å². The lowest BCUT2D eigenvalue weighted by atomic mass is 9.94. The van der Waals surface area contributed by atoms with Gasteiger partial charge in [0.25, 0.3) is 0 Å². The fourth-order valence-electron chi connectivity index (χ4n) is 2.80. The van der Waals surface area contributed by atoms with Crippen LogP contribution in [0.4, 0.5) is 0 Å². The summed E-state index contributed by atoms with van der Waals surface area (Å²) in [6, 6.07) is 5.60. The minimum absolute atomic E-state index is 0.0668. The van der Waals surface area contributed by atoms with E-state index in [4.69, 9.17) is 23.2 Å². The lowest BCUT2D eigenvalue weighted by Gasteiger charge is -2.32. The number of benzene rings is 1. The lowest BCUT2D eigenvalue weighted by molar-refractivity contribution is -0.127. The summed E-state index contributed by atoms with van der Waals surface area (Å²) in [5.74, 6) is 0.240. The minimum atomic E-state index is 0.0668. The van der Waals surface area contributed by atoms with E-state index in [1.807, 2.05) is 12.1 Å². The molecule has 0 unspecified atom stereocenters. The Morgan fingerprint density at radius 1 is 1.35 bits per heavy atom. The maximum atomic E-state index is 12.4. The van der Waals surface area contributed by atoms with Crippen LogP contribution in [0, 0.1) is 11.3 Å². The summed E-state index contributed by atoms with van der Waals surface area (Å²) >= 11 is 12.2. The second kappa shape index (κ2) is 7.87. The van der Waals surface area contributed by atoms with Gasteiger partial charge in [0.1, 0.15) is 0 Å². The van der Waals surface area contributed by atoms with Crippen LogP contribution in [0.3, 0.4) is 0 Å². The second-order valence-electron chi connectivity index (χ2n) is 7.59. The fourth-order valence-corrected chi connectivity index (χ4v) is 3.27. The number of rotatable bonds is 4. The summed E-state index contributed by atoms with van der Waals surface area (Å²) in [6.07, 6.45) is 2.00. The van der Waals surface area contributed by atoms with Crippen LogP contribution in [0.15, 0.2) is 18.2 Å². The number of carbonyl (C=O) groups excluding carboxylic acids is 1. The third kappa shape index (κ3) is 5.98. The molecule has 1 aliphatic rings. The van der Waals surface area contributed by atoms with Gasteiger partial charge >= 0.3 is 0 Å². The Morgan fingerprint density at radius 2 is 2.09 bits per heavy atom. The highest BCUT2D eigenvalue weighted by Gasteiger charge is 2.26. The van der Waals surface area contributed by atoms with Crippen molar-refractivity contribution >= 4 is 29.1 Å². The number of hydrogen-bond acceptors (Lipinski definition) is 2. The van der Waals surface area contributed by atoms with Crippen LogP contribution in [0.5, 0.6) is 0 Å². The van der Waals surface area contributed by atoms with E-state index in [-0.39, 0.29) is 17.2 Å². The number of carbonyl (C=O) groups is 1. The fraction of sp³-hybridized carbons (Fsp3) is 0.611. The van der Waals surface area contributed by atoms with E-state index in [9.17, 15) is 4.79 Å². The average molecular weight is 357 g/mol. The molecule has 0 radical (unpaired) electrons. The highest BCUT2D eigenvalue weighted by Crippen LogP contribution is 2.25. The molecule has 0 saturated carbocycles. The molecule has 3 nitrogen and oxygen atoms in total. The quantitative estimate of drug-likeness (QED) is 0.868. The summed E-state index contributed by atoms with van der Waals surface area (Å²) in [5.41, 5.74) is 1.17. The van der Waals surface area contributed by atoms with Gasteiger partial charge in [0.15, 0.2) is 0 Å². The van der Waals surface area contributed by atoms with Crippen LogP contribution < -0.4 is 5.32 Å². The van der Waals surface area contributed by atoms with Crippen molar-refractivity contribution in [3.63, 3.8) is 0 Å². The molecular weight excluding hydrogens is 331 g/mol. The molecule has 1 atom stereocenters. The maximum absolute atomic E-state index is 12.4. The van der Waals surface area contributed by atoms with Gasteiger partial charge in [0.2, 0.25) is 5.91 Å². The first-order chi connectivity index (χ1) is 10.7. The molecule has 1 amide bonds. The van der Waals surface area contributed by atoms with Crippen molar-refractivity contribution in [1.82, 2.24) is 10.2 Å². The van der Waals surface area contributed by atoms with Crippen molar-refractivity contribution in [3.8, 4) is 0 Å².